The predicted octanol–water partition coefficient (Wildman–Crippen LogP) is 4.85. The predicted molar refractivity (Wildman–Crippen MR) is 122 cm³/mol. The van der Waals surface area contributed by atoms with Crippen molar-refractivity contribution in [2.75, 3.05) is 12.3 Å². The van der Waals surface area contributed by atoms with Crippen LogP contribution in [-0.4, -0.2) is 44.2 Å². The van der Waals surface area contributed by atoms with Crippen molar-refractivity contribution < 1.29 is 14.0 Å². The second kappa shape index (κ2) is 8.72. The number of likely N-dealkylation sites (tertiary alicyclic amines) is 1. The Hall–Kier alpha value is -3.23. The summed E-state index contributed by atoms with van der Waals surface area (Å²) in [6, 6.07) is 17.2. The first-order chi connectivity index (χ1) is 15.6. The van der Waals surface area contributed by atoms with E-state index in [1.165, 1.54) is 16.7 Å². The van der Waals surface area contributed by atoms with E-state index in [1.54, 1.807) is 0 Å². The van der Waals surface area contributed by atoms with Gasteiger partial charge in [-0.25, -0.2) is 4.98 Å². The number of para-hydroxylation sites is 1. The molecule has 5 rings (SSSR count). The third-order valence-corrected chi connectivity index (χ3v) is 6.24. The summed E-state index contributed by atoms with van der Waals surface area (Å²) in [5, 5.41) is 10.3. The summed E-state index contributed by atoms with van der Waals surface area (Å²) in [6.45, 7) is 0.332. The standard InChI is InChI=1S/C23H17ClN4O3S/c24-15-7-5-14(6-8-15)19-13-17(16-3-1-2-4-18(16)25-19)22-26-27-23(31-22)32-12-11-28-20(29)9-10-21(28)30/h1-8,13H,9-12H2. The molecule has 0 radical (unpaired) electrons. The van der Waals surface area contributed by atoms with Crippen molar-refractivity contribution >= 4 is 46.1 Å². The van der Waals surface area contributed by atoms with Gasteiger partial charge in [-0.1, -0.05) is 53.7 Å². The van der Waals surface area contributed by atoms with Gasteiger partial charge in [0, 0.05) is 41.1 Å². The molecule has 0 N–H and O–H groups in total. The topological polar surface area (TPSA) is 89.2 Å². The lowest BCUT2D eigenvalue weighted by Crippen LogP contribution is -2.31. The Balaban J connectivity index is 1.42. The number of hydrogen-bond donors (Lipinski definition) is 0. The number of amides is 2. The van der Waals surface area contributed by atoms with Crippen LogP contribution >= 0.6 is 23.4 Å². The van der Waals surface area contributed by atoms with E-state index < -0.39 is 0 Å². The third-order valence-electron chi connectivity index (χ3n) is 5.19. The maximum absolute atomic E-state index is 11.7. The molecule has 2 aromatic carbocycles. The molecule has 32 heavy (non-hydrogen) atoms. The Morgan fingerprint density at radius 1 is 1.00 bits per heavy atom. The van der Waals surface area contributed by atoms with Crippen LogP contribution in [-0.2, 0) is 9.59 Å². The molecule has 160 valence electrons. The van der Waals surface area contributed by atoms with Crippen LogP contribution in [0.2, 0.25) is 5.02 Å². The second-order valence-corrected chi connectivity index (χ2v) is 8.72. The van der Waals surface area contributed by atoms with Crippen molar-refractivity contribution in [3.05, 3.63) is 59.6 Å². The van der Waals surface area contributed by atoms with Crippen LogP contribution in [0.1, 0.15) is 12.8 Å². The highest BCUT2D eigenvalue weighted by Crippen LogP contribution is 2.33. The summed E-state index contributed by atoms with van der Waals surface area (Å²) < 4.78 is 5.91. The van der Waals surface area contributed by atoms with Gasteiger partial charge in [0.15, 0.2) is 0 Å². The number of aromatic nitrogens is 3. The van der Waals surface area contributed by atoms with Gasteiger partial charge in [0.2, 0.25) is 17.7 Å². The minimum atomic E-state index is -0.125. The first-order valence-electron chi connectivity index (χ1n) is 10.0. The Morgan fingerprint density at radius 2 is 1.75 bits per heavy atom. The molecule has 9 heteroatoms. The van der Waals surface area contributed by atoms with Gasteiger partial charge < -0.3 is 4.42 Å². The summed E-state index contributed by atoms with van der Waals surface area (Å²) in [7, 11) is 0. The van der Waals surface area contributed by atoms with Gasteiger partial charge in [0.05, 0.1) is 16.8 Å². The van der Waals surface area contributed by atoms with Crippen LogP contribution in [0.15, 0.2) is 64.2 Å². The van der Waals surface area contributed by atoms with Gasteiger partial charge in [0.25, 0.3) is 5.22 Å². The van der Waals surface area contributed by atoms with Gasteiger partial charge in [0.1, 0.15) is 0 Å². The van der Waals surface area contributed by atoms with Crippen molar-refractivity contribution in [1.29, 1.82) is 0 Å². The monoisotopic (exact) mass is 464 g/mol. The lowest BCUT2D eigenvalue weighted by Gasteiger charge is -2.11. The maximum atomic E-state index is 11.7. The molecule has 0 saturated carbocycles. The van der Waals surface area contributed by atoms with Crippen molar-refractivity contribution in [3.63, 3.8) is 0 Å². The number of carbonyl (C=O) groups is 2. The summed E-state index contributed by atoms with van der Waals surface area (Å²) in [5.74, 6) is 0.626. The average molecular weight is 465 g/mol. The van der Waals surface area contributed by atoms with Crippen LogP contribution in [0, 0.1) is 0 Å². The molecule has 0 spiro atoms. The van der Waals surface area contributed by atoms with Gasteiger partial charge in [-0.15, -0.1) is 10.2 Å². The van der Waals surface area contributed by atoms with Crippen molar-refractivity contribution in [3.8, 4) is 22.7 Å². The SMILES string of the molecule is O=C1CCC(=O)N1CCSc1nnc(-c2cc(-c3ccc(Cl)cc3)nc3ccccc23)o1. The highest BCUT2D eigenvalue weighted by molar-refractivity contribution is 7.99. The number of imide groups is 1. The fraction of sp³-hybridized carbons (Fsp3) is 0.174. The lowest BCUT2D eigenvalue weighted by atomic mass is 10.0. The normalized spacial score (nSPS) is 14.0. The first kappa shape index (κ1) is 20.7. The molecule has 0 aliphatic carbocycles. The molecule has 1 aliphatic rings. The van der Waals surface area contributed by atoms with Crippen LogP contribution in [0.5, 0.6) is 0 Å². The fourth-order valence-electron chi connectivity index (χ4n) is 3.59. The zero-order chi connectivity index (χ0) is 22.1. The number of halogens is 1. The Labute approximate surface area is 192 Å². The molecular weight excluding hydrogens is 448 g/mol. The van der Waals surface area contributed by atoms with Crippen LogP contribution in [0.3, 0.4) is 0 Å². The number of rotatable bonds is 6. The highest BCUT2D eigenvalue weighted by Gasteiger charge is 2.28. The van der Waals surface area contributed by atoms with E-state index in [0.717, 1.165) is 27.7 Å². The number of hydrogen-bond acceptors (Lipinski definition) is 7. The largest absolute Gasteiger partial charge is 0.411 e. The Morgan fingerprint density at radius 3 is 2.53 bits per heavy atom. The zero-order valence-corrected chi connectivity index (χ0v) is 18.4. The third kappa shape index (κ3) is 4.11. The van der Waals surface area contributed by atoms with Crippen LogP contribution in [0.4, 0.5) is 0 Å². The molecule has 1 fully saturated rings. The van der Waals surface area contributed by atoms with Crippen molar-refractivity contribution in [1.82, 2.24) is 20.1 Å². The van der Waals surface area contributed by atoms with Gasteiger partial charge >= 0.3 is 0 Å². The number of carbonyl (C=O) groups excluding carboxylic acids is 2. The average Bonchev–Trinajstić information content (AvgIpc) is 3.40. The maximum Gasteiger partial charge on any atom is 0.276 e. The molecule has 1 saturated heterocycles. The Bertz CT molecular complexity index is 1310. The molecule has 7 nitrogen and oxygen atoms in total. The van der Waals surface area contributed by atoms with Gasteiger partial charge in [-0.2, -0.15) is 0 Å². The summed E-state index contributed by atoms with van der Waals surface area (Å²) >= 11 is 7.34. The summed E-state index contributed by atoms with van der Waals surface area (Å²) in [6.07, 6.45) is 0.582. The van der Waals surface area contributed by atoms with E-state index in [9.17, 15) is 9.59 Å². The number of pyridine rings is 1. The number of nitrogens with zero attached hydrogens (tertiary/aromatic N) is 4. The molecule has 4 aromatic rings. The second-order valence-electron chi connectivity index (χ2n) is 7.24. The van der Waals surface area contributed by atoms with E-state index in [2.05, 4.69) is 10.2 Å². The first-order valence-corrected chi connectivity index (χ1v) is 11.4. The van der Waals surface area contributed by atoms with Crippen molar-refractivity contribution in [2.24, 2.45) is 0 Å². The smallest absolute Gasteiger partial charge is 0.276 e. The lowest BCUT2D eigenvalue weighted by molar-refractivity contribution is -0.137. The van der Waals surface area contributed by atoms with E-state index in [1.807, 2.05) is 54.6 Å². The molecule has 1 aliphatic heterocycles. The molecular formula is C23H17ClN4O3S. The Kier molecular flexibility index (Phi) is 5.63. The van der Waals surface area contributed by atoms with Crippen LogP contribution in [0.25, 0.3) is 33.6 Å². The summed E-state index contributed by atoms with van der Waals surface area (Å²) in [5.41, 5.74) is 3.29. The molecule has 0 bridgehead atoms. The highest BCUT2D eigenvalue weighted by atomic mass is 35.5. The van der Waals surface area contributed by atoms with E-state index in [0.29, 0.717) is 41.3 Å². The minimum absolute atomic E-state index is 0.125. The number of fused-ring (bicyclic) bond motifs is 1. The molecule has 0 atom stereocenters. The molecule has 0 unspecified atom stereocenters. The van der Waals surface area contributed by atoms with E-state index in [-0.39, 0.29) is 11.8 Å². The number of thioether (sulfide) groups is 1. The molecule has 2 aromatic heterocycles. The van der Waals surface area contributed by atoms with E-state index >= 15 is 0 Å². The quantitative estimate of drug-likeness (QED) is 0.297. The molecule has 2 amide bonds. The minimum Gasteiger partial charge on any atom is -0.411 e. The summed E-state index contributed by atoms with van der Waals surface area (Å²) in [4.78, 5) is 29.5. The van der Waals surface area contributed by atoms with Gasteiger partial charge in [-0.05, 0) is 24.3 Å². The zero-order valence-electron chi connectivity index (χ0n) is 16.8. The molecule has 3 heterocycles. The van der Waals surface area contributed by atoms with Crippen LogP contribution < -0.4 is 0 Å². The van der Waals surface area contributed by atoms with Gasteiger partial charge in [-0.3, -0.25) is 14.5 Å². The van der Waals surface area contributed by atoms with E-state index in [4.69, 9.17) is 21.0 Å². The van der Waals surface area contributed by atoms with Crippen molar-refractivity contribution in [2.45, 2.75) is 18.1 Å². The fourth-order valence-corrected chi connectivity index (χ4v) is 4.41. The number of benzene rings is 2.